The topological polar surface area (TPSA) is 133 Å². The zero-order chi connectivity index (χ0) is 22.0. The number of carbonyl (C=O) groups excluding carboxylic acids is 1. The maximum atomic E-state index is 12.7. The Morgan fingerprint density at radius 2 is 1.94 bits per heavy atom. The summed E-state index contributed by atoms with van der Waals surface area (Å²) in [5.41, 5.74) is 7.10. The van der Waals surface area contributed by atoms with Gasteiger partial charge in [-0.3, -0.25) is 14.6 Å². The number of anilines is 1. The normalized spacial score (nSPS) is 17.3. The van der Waals surface area contributed by atoms with Crippen LogP contribution in [0, 0.1) is 0 Å². The quantitative estimate of drug-likeness (QED) is 0.713. The number of H-pyrrole nitrogens is 1. The number of likely N-dealkylation sites (tertiary alicyclic amines) is 1. The van der Waals surface area contributed by atoms with Crippen LogP contribution in [0.2, 0.25) is 0 Å². The number of nitrogens with one attached hydrogen (secondary N) is 1. The molecule has 2 aliphatic rings. The van der Waals surface area contributed by atoms with Crippen molar-refractivity contribution in [3.8, 4) is 11.5 Å². The second kappa shape index (κ2) is 8.54. The van der Waals surface area contributed by atoms with E-state index in [0.717, 1.165) is 12.0 Å². The van der Waals surface area contributed by atoms with Crippen molar-refractivity contribution < 1.29 is 19.0 Å². The fourth-order valence-electron chi connectivity index (χ4n) is 4.44. The molecule has 0 aliphatic carbocycles. The number of carbonyl (C=O) groups is 1. The van der Waals surface area contributed by atoms with E-state index in [1.165, 1.54) is 5.56 Å². The van der Waals surface area contributed by atoms with Gasteiger partial charge in [-0.2, -0.15) is 0 Å². The Bertz CT molecular complexity index is 1030. The molecule has 2 aromatic rings. The zero-order valence-electron chi connectivity index (χ0n) is 17.8. The summed E-state index contributed by atoms with van der Waals surface area (Å²) < 4.78 is 17.2. The van der Waals surface area contributed by atoms with E-state index in [9.17, 15) is 9.59 Å². The SMILES string of the molecule is COc1cc2c(cc1OC)C1(CCN(C(=O)CCc3nnc(N)[nH]c3=O)CC1)OCC2. The number of methoxy groups -OCH3 is 2. The summed E-state index contributed by atoms with van der Waals surface area (Å²) in [5, 5.41) is 7.43. The highest BCUT2D eigenvalue weighted by atomic mass is 16.5. The molecular formula is C21H27N5O5. The van der Waals surface area contributed by atoms with Gasteiger partial charge in [0, 0.05) is 25.9 Å². The summed E-state index contributed by atoms with van der Waals surface area (Å²) >= 11 is 0. The van der Waals surface area contributed by atoms with E-state index in [4.69, 9.17) is 19.9 Å². The molecule has 0 atom stereocenters. The van der Waals surface area contributed by atoms with Crippen LogP contribution >= 0.6 is 0 Å². The first-order chi connectivity index (χ1) is 15.0. The number of benzene rings is 1. The molecule has 1 spiro atoms. The number of aromatic nitrogens is 3. The minimum Gasteiger partial charge on any atom is -0.493 e. The number of aromatic amines is 1. The number of nitrogens with zero attached hydrogens (tertiary/aromatic N) is 3. The van der Waals surface area contributed by atoms with Crippen LogP contribution in [0.1, 0.15) is 36.1 Å². The van der Waals surface area contributed by atoms with Crippen molar-refractivity contribution in [3.63, 3.8) is 0 Å². The molecule has 1 amide bonds. The number of amides is 1. The van der Waals surface area contributed by atoms with Gasteiger partial charge in [-0.15, -0.1) is 10.2 Å². The molecule has 10 heteroatoms. The third-order valence-corrected chi connectivity index (χ3v) is 6.13. The second-order valence-electron chi connectivity index (χ2n) is 7.82. The van der Waals surface area contributed by atoms with E-state index in [-0.39, 0.29) is 30.4 Å². The van der Waals surface area contributed by atoms with Gasteiger partial charge in [0.25, 0.3) is 5.56 Å². The van der Waals surface area contributed by atoms with Gasteiger partial charge in [0.1, 0.15) is 5.69 Å². The molecule has 3 N–H and O–H groups in total. The minimum absolute atomic E-state index is 0.0174. The number of piperidine rings is 1. The fourth-order valence-corrected chi connectivity index (χ4v) is 4.44. The number of fused-ring (bicyclic) bond motifs is 2. The molecule has 1 saturated heterocycles. The zero-order valence-corrected chi connectivity index (χ0v) is 17.8. The van der Waals surface area contributed by atoms with Crippen molar-refractivity contribution in [3.05, 3.63) is 39.3 Å². The van der Waals surface area contributed by atoms with E-state index in [1.807, 2.05) is 17.0 Å². The Labute approximate surface area is 179 Å². The molecule has 0 saturated carbocycles. The summed E-state index contributed by atoms with van der Waals surface area (Å²) in [6.07, 6.45) is 2.63. The lowest BCUT2D eigenvalue weighted by molar-refractivity contribution is -0.140. The molecular weight excluding hydrogens is 402 g/mol. The molecule has 31 heavy (non-hydrogen) atoms. The van der Waals surface area contributed by atoms with Crippen LogP contribution in [0.15, 0.2) is 16.9 Å². The van der Waals surface area contributed by atoms with Gasteiger partial charge >= 0.3 is 0 Å². The molecule has 10 nitrogen and oxygen atoms in total. The van der Waals surface area contributed by atoms with E-state index in [1.54, 1.807) is 14.2 Å². The van der Waals surface area contributed by atoms with Gasteiger partial charge in [-0.1, -0.05) is 0 Å². The smallest absolute Gasteiger partial charge is 0.274 e. The van der Waals surface area contributed by atoms with Crippen molar-refractivity contribution in [1.29, 1.82) is 0 Å². The maximum Gasteiger partial charge on any atom is 0.274 e. The fraction of sp³-hybridized carbons (Fsp3) is 0.524. The molecule has 166 valence electrons. The number of hydrogen-bond acceptors (Lipinski definition) is 8. The van der Waals surface area contributed by atoms with Crippen LogP contribution in [0.3, 0.4) is 0 Å². The highest BCUT2D eigenvalue weighted by Crippen LogP contribution is 2.45. The average molecular weight is 429 g/mol. The van der Waals surface area contributed by atoms with Crippen LogP contribution in [0.25, 0.3) is 0 Å². The predicted molar refractivity (Wildman–Crippen MR) is 112 cm³/mol. The van der Waals surface area contributed by atoms with Crippen LogP contribution < -0.4 is 20.8 Å². The molecule has 4 rings (SSSR count). The van der Waals surface area contributed by atoms with Crippen molar-refractivity contribution >= 4 is 11.9 Å². The van der Waals surface area contributed by atoms with Crippen molar-refractivity contribution in [2.45, 2.75) is 37.7 Å². The summed E-state index contributed by atoms with van der Waals surface area (Å²) in [5.74, 6) is 1.34. The second-order valence-corrected chi connectivity index (χ2v) is 7.82. The molecule has 3 heterocycles. The van der Waals surface area contributed by atoms with Gasteiger partial charge in [0.2, 0.25) is 11.9 Å². The molecule has 0 unspecified atom stereocenters. The Morgan fingerprint density at radius 3 is 2.61 bits per heavy atom. The van der Waals surface area contributed by atoms with E-state index in [2.05, 4.69) is 15.2 Å². The Hall–Kier alpha value is -3.14. The number of hydrogen-bond donors (Lipinski definition) is 2. The monoisotopic (exact) mass is 429 g/mol. The molecule has 0 bridgehead atoms. The molecule has 2 aliphatic heterocycles. The number of rotatable bonds is 5. The molecule has 1 aromatic heterocycles. The van der Waals surface area contributed by atoms with Gasteiger partial charge in [-0.25, -0.2) is 0 Å². The van der Waals surface area contributed by atoms with E-state index < -0.39 is 11.2 Å². The molecule has 1 aromatic carbocycles. The summed E-state index contributed by atoms with van der Waals surface area (Å²) in [6.45, 7) is 1.79. The molecule has 0 radical (unpaired) electrons. The van der Waals surface area contributed by atoms with Gasteiger partial charge in [0.15, 0.2) is 11.5 Å². The van der Waals surface area contributed by atoms with Crippen LogP contribution in [-0.2, 0) is 28.0 Å². The van der Waals surface area contributed by atoms with Crippen molar-refractivity contribution in [1.82, 2.24) is 20.1 Å². The van der Waals surface area contributed by atoms with E-state index in [0.29, 0.717) is 44.0 Å². The first-order valence-electron chi connectivity index (χ1n) is 10.3. The lowest BCUT2D eigenvalue weighted by atomic mass is 9.79. The average Bonchev–Trinajstić information content (AvgIpc) is 2.78. The highest BCUT2D eigenvalue weighted by Gasteiger charge is 2.42. The Morgan fingerprint density at radius 1 is 1.23 bits per heavy atom. The van der Waals surface area contributed by atoms with Crippen molar-refractivity contribution in [2.24, 2.45) is 0 Å². The lowest BCUT2D eigenvalue weighted by Crippen LogP contribution is -2.48. The summed E-state index contributed by atoms with van der Waals surface area (Å²) in [4.78, 5) is 28.8. The lowest BCUT2D eigenvalue weighted by Gasteiger charge is -2.45. The highest BCUT2D eigenvalue weighted by molar-refractivity contribution is 5.76. The third kappa shape index (κ3) is 4.07. The predicted octanol–water partition coefficient (Wildman–Crippen LogP) is 0.788. The van der Waals surface area contributed by atoms with Crippen LogP contribution in [-0.4, -0.2) is 59.9 Å². The van der Waals surface area contributed by atoms with Crippen molar-refractivity contribution in [2.75, 3.05) is 39.6 Å². The maximum absolute atomic E-state index is 12.7. The number of aryl methyl sites for hydroxylation is 1. The van der Waals surface area contributed by atoms with Gasteiger partial charge in [-0.05, 0) is 42.5 Å². The van der Waals surface area contributed by atoms with Crippen LogP contribution in [0.4, 0.5) is 5.95 Å². The largest absolute Gasteiger partial charge is 0.493 e. The standard InChI is InChI=1S/C21H27N5O5/c1-29-16-11-13-5-10-31-21(14(13)12-17(16)30-2)6-8-26(9-7-21)18(27)4-3-15-19(28)23-20(22)25-24-15/h11-12H,3-10H2,1-2H3,(H3,22,23,25,28). The summed E-state index contributed by atoms with van der Waals surface area (Å²) in [6, 6.07) is 4.04. The minimum atomic E-state index is -0.427. The van der Waals surface area contributed by atoms with Gasteiger partial charge < -0.3 is 24.8 Å². The Balaban J connectivity index is 1.44. The molecule has 1 fully saturated rings. The first-order valence-corrected chi connectivity index (χ1v) is 10.3. The van der Waals surface area contributed by atoms with Crippen LogP contribution in [0.5, 0.6) is 11.5 Å². The number of nitrogens with two attached hydrogens (primary N) is 1. The first kappa shape index (κ1) is 21.1. The number of nitrogen functional groups attached to an aromatic ring is 1. The van der Waals surface area contributed by atoms with Gasteiger partial charge in [0.05, 0.1) is 26.4 Å². The Kier molecular flexibility index (Phi) is 5.81. The summed E-state index contributed by atoms with van der Waals surface area (Å²) in [7, 11) is 3.26. The number of ether oxygens (including phenoxy) is 3. The van der Waals surface area contributed by atoms with E-state index >= 15 is 0 Å². The third-order valence-electron chi connectivity index (χ3n) is 6.13.